The highest BCUT2D eigenvalue weighted by molar-refractivity contribution is 5.35. The van der Waals surface area contributed by atoms with Crippen molar-refractivity contribution in [3.63, 3.8) is 0 Å². The van der Waals surface area contributed by atoms with Crippen molar-refractivity contribution in [3.05, 3.63) is 59.4 Å². The van der Waals surface area contributed by atoms with Crippen LogP contribution < -0.4 is 10.5 Å². The Morgan fingerprint density at radius 2 is 2.10 bits per heavy atom. The van der Waals surface area contributed by atoms with Gasteiger partial charge in [0.15, 0.2) is 11.6 Å². The van der Waals surface area contributed by atoms with Gasteiger partial charge in [-0.3, -0.25) is 4.98 Å². The van der Waals surface area contributed by atoms with Gasteiger partial charge in [0.25, 0.3) is 0 Å². The highest BCUT2D eigenvalue weighted by Gasteiger charge is 2.11. The van der Waals surface area contributed by atoms with Gasteiger partial charge in [0, 0.05) is 17.8 Å². The van der Waals surface area contributed by atoms with Crippen LogP contribution >= 0.6 is 0 Å². The first-order valence-electron chi connectivity index (χ1n) is 6.31. The van der Waals surface area contributed by atoms with Crippen molar-refractivity contribution in [1.29, 1.82) is 0 Å². The Balaban J connectivity index is 2.16. The summed E-state index contributed by atoms with van der Waals surface area (Å²) in [6, 6.07) is 5.91. The SMILES string of the molecule is CC(N)Cc1cccc(F)c1OCc1cncc(F)c1. The fourth-order valence-corrected chi connectivity index (χ4v) is 1.91. The molecule has 0 aliphatic carbocycles. The minimum absolute atomic E-state index is 0.0532. The summed E-state index contributed by atoms with van der Waals surface area (Å²) in [6.45, 7) is 1.89. The van der Waals surface area contributed by atoms with E-state index in [-0.39, 0.29) is 18.4 Å². The van der Waals surface area contributed by atoms with Gasteiger partial charge in [-0.25, -0.2) is 8.78 Å². The zero-order chi connectivity index (χ0) is 14.5. The number of hydrogen-bond acceptors (Lipinski definition) is 3. The quantitative estimate of drug-likeness (QED) is 0.915. The first-order chi connectivity index (χ1) is 9.56. The Bertz CT molecular complexity index is 588. The van der Waals surface area contributed by atoms with E-state index in [9.17, 15) is 8.78 Å². The summed E-state index contributed by atoms with van der Waals surface area (Å²) in [5, 5.41) is 0. The van der Waals surface area contributed by atoms with Crippen LogP contribution in [0.25, 0.3) is 0 Å². The van der Waals surface area contributed by atoms with Crippen molar-refractivity contribution in [2.75, 3.05) is 0 Å². The molecule has 0 aliphatic rings. The van der Waals surface area contributed by atoms with E-state index >= 15 is 0 Å². The Hall–Kier alpha value is -2.01. The van der Waals surface area contributed by atoms with Gasteiger partial charge in [0.05, 0.1) is 6.20 Å². The molecule has 2 N–H and O–H groups in total. The molecule has 0 amide bonds. The molecule has 1 atom stereocenters. The maximum Gasteiger partial charge on any atom is 0.165 e. The molecule has 2 aromatic rings. The first kappa shape index (κ1) is 14.4. The Morgan fingerprint density at radius 3 is 2.80 bits per heavy atom. The lowest BCUT2D eigenvalue weighted by molar-refractivity contribution is 0.285. The Morgan fingerprint density at radius 1 is 1.30 bits per heavy atom. The van der Waals surface area contributed by atoms with Crippen molar-refractivity contribution in [2.24, 2.45) is 5.73 Å². The summed E-state index contributed by atoms with van der Waals surface area (Å²) < 4.78 is 32.3. The minimum atomic E-state index is -0.451. The number of aromatic nitrogens is 1. The average Bonchev–Trinajstić information content (AvgIpc) is 2.37. The highest BCUT2D eigenvalue weighted by Crippen LogP contribution is 2.24. The van der Waals surface area contributed by atoms with Crippen LogP contribution in [-0.4, -0.2) is 11.0 Å². The van der Waals surface area contributed by atoms with Gasteiger partial charge >= 0.3 is 0 Å². The van der Waals surface area contributed by atoms with Crippen LogP contribution in [0.2, 0.25) is 0 Å². The van der Waals surface area contributed by atoms with Crippen LogP contribution in [0.5, 0.6) is 5.75 Å². The molecule has 20 heavy (non-hydrogen) atoms. The summed E-state index contributed by atoms with van der Waals surface area (Å²) in [5.74, 6) is -0.739. The lowest BCUT2D eigenvalue weighted by Crippen LogP contribution is -2.18. The number of ether oxygens (including phenoxy) is 1. The number of para-hydroxylation sites is 1. The fraction of sp³-hybridized carbons (Fsp3) is 0.267. The maximum atomic E-state index is 13.8. The standard InChI is InChI=1S/C15H16F2N2O/c1-10(18)5-12-3-2-4-14(17)15(12)20-9-11-6-13(16)8-19-7-11/h2-4,6-8,10H,5,9,18H2,1H3. The van der Waals surface area contributed by atoms with Crippen LogP contribution in [0.3, 0.4) is 0 Å². The molecule has 106 valence electrons. The van der Waals surface area contributed by atoms with Gasteiger partial charge in [-0.1, -0.05) is 12.1 Å². The highest BCUT2D eigenvalue weighted by atomic mass is 19.1. The van der Waals surface area contributed by atoms with Gasteiger partial charge in [-0.15, -0.1) is 0 Å². The lowest BCUT2D eigenvalue weighted by atomic mass is 10.1. The van der Waals surface area contributed by atoms with Crippen molar-refractivity contribution >= 4 is 0 Å². The molecule has 1 aromatic heterocycles. The zero-order valence-electron chi connectivity index (χ0n) is 11.1. The van der Waals surface area contributed by atoms with Crippen LogP contribution in [0.4, 0.5) is 8.78 Å². The van der Waals surface area contributed by atoms with Gasteiger partial charge in [-0.2, -0.15) is 0 Å². The second kappa shape index (κ2) is 6.43. The molecule has 0 spiro atoms. The summed E-state index contributed by atoms with van der Waals surface area (Å²) in [4.78, 5) is 3.72. The van der Waals surface area contributed by atoms with E-state index in [1.165, 1.54) is 18.3 Å². The second-order valence-corrected chi connectivity index (χ2v) is 4.71. The predicted molar refractivity (Wildman–Crippen MR) is 72.3 cm³/mol. The maximum absolute atomic E-state index is 13.8. The molecule has 3 nitrogen and oxygen atoms in total. The van der Waals surface area contributed by atoms with Crippen LogP contribution in [0.15, 0.2) is 36.7 Å². The van der Waals surface area contributed by atoms with Crippen LogP contribution in [-0.2, 0) is 13.0 Å². The summed E-state index contributed by atoms with van der Waals surface area (Å²) in [7, 11) is 0. The van der Waals surface area contributed by atoms with Gasteiger partial charge in [-0.05, 0) is 31.0 Å². The third-order valence-corrected chi connectivity index (χ3v) is 2.74. The molecule has 0 radical (unpaired) electrons. The number of nitrogens with zero attached hydrogens (tertiary/aromatic N) is 1. The minimum Gasteiger partial charge on any atom is -0.485 e. The van der Waals surface area contributed by atoms with E-state index in [2.05, 4.69) is 4.98 Å². The van der Waals surface area contributed by atoms with Crippen LogP contribution in [0, 0.1) is 11.6 Å². The van der Waals surface area contributed by atoms with E-state index in [0.717, 1.165) is 6.20 Å². The van der Waals surface area contributed by atoms with E-state index in [1.807, 2.05) is 6.92 Å². The van der Waals surface area contributed by atoms with Crippen molar-refractivity contribution in [3.8, 4) is 5.75 Å². The van der Waals surface area contributed by atoms with Crippen molar-refractivity contribution < 1.29 is 13.5 Å². The topological polar surface area (TPSA) is 48.1 Å². The second-order valence-electron chi connectivity index (χ2n) is 4.71. The number of benzene rings is 1. The van der Waals surface area contributed by atoms with Gasteiger partial charge < -0.3 is 10.5 Å². The smallest absolute Gasteiger partial charge is 0.165 e. The molecule has 1 heterocycles. The summed E-state index contributed by atoms with van der Waals surface area (Å²) in [6.07, 6.45) is 3.10. The molecule has 1 unspecified atom stereocenters. The molecule has 1 aromatic carbocycles. The summed E-state index contributed by atoms with van der Waals surface area (Å²) in [5.41, 5.74) is 6.97. The molecule has 2 rings (SSSR count). The number of nitrogens with two attached hydrogens (primary N) is 1. The number of rotatable bonds is 5. The fourth-order valence-electron chi connectivity index (χ4n) is 1.91. The normalized spacial score (nSPS) is 12.2. The van der Waals surface area contributed by atoms with Gasteiger partial charge in [0.1, 0.15) is 12.4 Å². The molecule has 0 fully saturated rings. The number of hydrogen-bond donors (Lipinski definition) is 1. The van der Waals surface area contributed by atoms with E-state index in [4.69, 9.17) is 10.5 Å². The van der Waals surface area contributed by atoms with Crippen LogP contribution in [0.1, 0.15) is 18.1 Å². The molecule has 0 saturated carbocycles. The van der Waals surface area contributed by atoms with E-state index in [1.54, 1.807) is 12.1 Å². The lowest BCUT2D eigenvalue weighted by Gasteiger charge is -2.13. The molecule has 5 heteroatoms. The van der Waals surface area contributed by atoms with E-state index < -0.39 is 11.6 Å². The predicted octanol–water partition coefficient (Wildman–Crippen LogP) is 2.83. The third-order valence-electron chi connectivity index (χ3n) is 2.74. The summed E-state index contributed by atoms with van der Waals surface area (Å²) >= 11 is 0. The Kier molecular flexibility index (Phi) is 4.63. The first-order valence-corrected chi connectivity index (χ1v) is 6.31. The molecule has 0 saturated heterocycles. The molecule has 0 aliphatic heterocycles. The zero-order valence-corrected chi connectivity index (χ0v) is 11.1. The molecular weight excluding hydrogens is 262 g/mol. The Labute approximate surface area is 116 Å². The molecule has 0 bridgehead atoms. The van der Waals surface area contributed by atoms with Gasteiger partial charge in [0.2, 0.25) is 0 Å². The third kappa shape index (κ3) is 3.74. The average molecular weight is 278 g/mol. The largest absolute Gasteiger partial charge is 0.485 e. The molecular formula is C15H16F2N2O. The van der Waals surface area contributed by atoms with Crippen molar-refractivity contribution in [1.82, 2.24) is 4.98 Å². The van der Waals surface area contributed by atoms with Crippen molar-refractivity contribution in [2.45, 2.75) is 26.0 Å². The number of pyridine rings is 1. The number of halogens is 2. The monoisotopic (exact) mass is 278 g/mol. The van der Waals surface area contributed by atoms with E-state index in [0.29, 0.717) is 17.5 Å².